The summed E-state index contributed by atoms with van der Waals surface area (Å²) in [5.41, 5.74) is -0.312. The normalized spacial score (nSPS) is 10.2. The second-order valence-electron chi connectivity index (χ2n) is 5.58. The maximum absolute atomic E-state index is 13.5. The lowest BCUT2D eigenvalue weighted by Crippen LogP contribution is -2.36. The average molecular weight is 410 g/mol. The summed E-state index contributed by atoms with van der Waals surface area (Å²) in [4.78, 5) is 35.1. The third kappa shape index (κ3) is 6.23. The van der Waals surface area contributed by atoms with Crippen molar-refractivity contribution in [2.24, 2.45) is 0 Å². The van der Waals surface area contributed by atoms with Crippen LogP contribution in [-0.2, 0) is 14.3 Å². The molecule has 2 aromatic carbocycles. The Labute approximate surface area is 163 Å². The Morgan fingerprint density at radius 3 is 2.48 bits per heavy atom. The number of benzene rings is 2. The van der Waals surface area contributed by atoms with Crippen LogP contribution in [0.3, 0.4) is 0 Å². The molecule has 29 heavy (non-hydrogen) atoms. The molecule has 0 saturated heterocycles. The molecule has 0 aliphatic carbocycles. The number of hydrogen-bond donors (Lipinski definition) is 2. The quantitative estimate of drug-likeness (QED) is 0.515. The van der Waals surface area contributed by atoms with E-state index in [0.29, 0.717) is 6.07 Å². The minimum absolute atomic E-state index is 0.211. The fourth-order valence-electron chi connectivity index (χ4n) is 2.12. The molecule has 0 fully saturated rings. The zero-order chi connectivity index (χ0) is 21.4. The molecule has 0 saturated carbocycles. The van der Waals surface area contributed by atoms with Crippen LogP contribution in [0.5, 0.6) is 5.75 Å². The van der Waals surface area contributed by atoms with E-state index in [1.165, 1.54) is 18.2 Å². The van der Waals surface area contributed by atoms with Gasteiger partial charge in [0.2, 0.25) is 5.91 Å². The van der Waals surface area contributed by atoms with Crippen molar-refractivity contribution >= 4 is 23.5 Å². The maximum atomic E-state index is 13.5. The van der Waals surface area contributed by atoms with Gasteiger partial charge in [0.25, 0.3) is 5.91 Å². The molecule has 0 aliphatic heterocycles. The molecule has 0 spiro atoms. The highest BCUT2D eigenvalue weighted by Gasteiger charge is 2.15. The summed E-state index contributed by atoms with van der Waals surface area (Å²) in [6.45, 7) is 0.866. The van der Waals surface area contributed by atoms with E-state index in [1.807, 2.05) is 5.32 Å². The summed E-state index contributed by atoms with van der Waals surface area (Å²) in [6.07, 6.45) is 0. The zero-order valence-corrected chi connectivity index (χ0v) is 15.3. The molecule has 2 aromatic rings. The molecule has 0 aliphatic rings. The lowest BCUT2D eigenvalue weighted by molar-refractivity contribution is -0.125. The van der Waals surface area contributed by atoms with Gasteiger partial charge >= 0.3 is 5.97 Å². The first-order chi connectivity index (χ1) is 13.8. The van der Waals surface area contributed by atoms with E-state index >= 15 is 0 Å². The average Bonchev–Trinajstić information content (AvgIpc) is 2.71. The van der Waals surface area contributed by atoms with Gasteiger partial charge in [-0.05, 0) is 37.3 Å². The van der Waals surface area contributed by atoms with Crippen molar-refractivity contribution in [1.82, 2.24) is 5.32 Å². The van der Waals surface area contributed by atoms with Gasteiger partial charge in [-0.15, -0.1) is 0 Å². The van der Waals surface area contributed by atoms with Crippen LogP contribution >= 0.6 is 0 Å². The Hall–Kier alpha value is -3.56. The molecule has 2 rings (SSSR count). The number of anilines is 1. The predicted octanol–water partition coefficient (Wildman–Crippen LogP) is 2.41. The monoisotopic (exact) mass is 410 g/mol. The van der Waals surface area contributed by atoms with Gasteiger partial charge in [-0.1, -0.05) is 6.07 Å². The van der Waals surface area contributed by atoms with E-state index in [9.17, 15) is 27.6 Å². The number of rotatable bonds is 8. The van der Waals surface area contributed by atoms with Crippen LogP contribution in [0, 0.1) is 17.5 Å². The molecule has 2 N–H and O–H groups in total. The third-order valence-corrected chi connectivity index (χ3v) is 3.47. The van der Waals surface area contributed by atoms with Crippen LogP contribution in [-0.4, -0.2) is 37.5 Å². The van der Waals surface area contributed by atoms with Gasteiger partial charge < -0.3 is 20.1 Å². The minimum atomic E-state index is -1.72. The van der Waals surface area contributed by atoms with Crippen molar-refractivity contribution in [3.8, 4) is 5.75 Å². The number of carbonyl (C=O) groups is 3. The summed E-state index contributed by atoms with van der Waals surface area (Å²) < 4.78 is 49.6. The molecule has 7 nitrogen and oxygen atoms in total. The summed E-state index contributed by atoms with van der Waals surface area (Å²) in [6, 6.07) is 7.49. The highest BCUT2D eigenvalue weighted by molar-refractivity contribution is 5.94. The fourth-order valence-corrected chi connectivity index (χ4v) is 2.12. The van der Waals surface area contributed by atoms with Crippen LogP contribution in [0.1, 0.15) is 17.3 Å². The van der Waals surface area contributed by atoms with E-state index in [4.69, 9.17) is 9.47 Å². The number of ether oxygens (including phenoxy) is 2. The van der Waals surface area contributed by atoms with Crippen LogP contribution in [0.15, 0.2) is 36.4 Å². The lowest BCUT2D eigenvalue weighted by Gasteiger charge is -2.10. The van der Waals surface area contributed by atoms with Crippen molar-refractivity contribution in [2.75, 3.05) is 25.1 Å². The Bertz CT molecular complexity index is 921. The van der Waals surface area contributed by atoms with Crippen LogP contribution in [0.2, 0.25) is 0 Å². The predicted molar refractivity (Wildman–Crippen MR) is 95.8 cm³/mol. The first kappa shape index (κ1) is 21.7. The van der Waals surface area contributed by atoms with E-state index in [-0.39, 0.29) is 17.9 Å². The van der Waals surface area contributed by atoms with Crippen molar-refractivity contribution in [1.29, 1.82) is 0 Å². The van der Waals surface area contributed by atoms with Gasteiger partial charge in [-0.3, -0.25) is 9.59 Å². The van der Waals surface area contributed by atoms with E-state index < -0.39 is 54.1 Å². The molecular formula is C19H17F3N2O5. The van der Waals surface area contributed by atoms with Crippen LogP contribution < -0.4 is 15.4 Å². The number of nitrogens with one attached hydrogen (secondary N) is 2. The lowest BCUT2D eigenvalue weighted by atomic mass is 10.2. The van der Waals surface area contributed by atoms with Gasteiger partial charge in [-0.25, -0.2) is 18.0 Å². The van der Waals surface area contributed by atoms with Crippen molar-refractivity contribution in [3.05, 3.63) is 59.4 Å². The Balaban J connectivity index is 1.81. The topological polar surface area (TPSA) is 93.7 Å². The molecule has 2 amide bonds. The molecule has 0 unspecified atom stereocenters. The van der Waals surface area contributed by atoms with E-state index in [0.717, 1.165) is 6.07 Å². The summed E-state index contributed by atoms with van der Waals surface area (Å²) in [7, 11) is 0. The second kappa shape index (κ2) is 10.1. The van der Waals surface area contributed by atoms with Gasteiger partial charge in [0.1, 0.15) is 5.75 Å². The van der Waals surface area contributed by atoms with E-state index in [1.54, 1.807) is 13.0 Å². The maximum Gasteiger partial charge on any atom is 0.338 e. The van der Waals surface area contributed by atoms with Crippen molar-refractivity contribution in [2.45, 2.75) is 6.92 Å². The number of amides is 2. The molecule has 0 atom stereocenters. The highest BCUT2D eigenvalue weighted by atomic mass is 19.2. The van der Waals surface area contributed by atoms with Gasteiger partial charge in [0.05, 0.1) is 24.4 Å². The molecular weight excluding hydrogens is 393 g/mol. The molecule has 0 radical (unpaired) electrons. The number of carbonyl (C=O) groups excluding carboxylic acids is 3. The highest BCUT2D eigenvalue weighted by Crippen LogP contribution is 2.19. The van der Waals surface area contributed by atoms with Gasteiger partial charge in [-0.2, -0.15) is 0 Å². The molecule has 154 valence electrons. The molecule has 0 bridgehead atoms. The smallest absolute Gasteiger partial charge is 0.338 e. The van der Waals surface area contributed by atoms with Crippen LogP contribution in [0.25, 0.3) is 0 Å². The summed E-state index contributed by atoms with van der Waals surface area (Å²) >= 11 is 0. The Morgan fingerprint density at radius 1 is 1.00 bits per heavy atom. The molecule has 0 aromatic heterocycles. The number of hydrogen-bond acceptors (Lipinski definition) is 5. The first-order valence-corrected chi connectivity index (χ1v) is 8.41. The molecule has 0 heterocycles. The molecule has 10 heteroatoms. The largest absolute Gasteiger partial charge is 0.484 e. The standard InChI is InChI=1S/C19H17F3N2O5/c1-2-28-19(27)11-4-3-5-12(8-11)29-10-16(26)23-9-15(25)24-14-7-6-13(20)17(21)18(14)22/h3-8H,2,9-10H2,1H3,(H,23,26)(H,24,25). The first-order valence-electron chi connectivity index (χ1n) is 8.41. The summed E-state index contributed by atoms with van der Waals surface area (Å²) in [5, 5.41) is 4.23. The minimum Gasteiger partial charge on any atom is -0.484 e. The van der Waals surface area contributed by atoms with Crippen LogP contribution in [0.4, 0.5) is 18.9 Å². The third-order valence-electron chi connectivity index (χ3n) is 3.47. The second-order valence-corrected chi connectivity index (χ2v) is 5.58. The van der Waals surface area contributed by atoms with Gasteiger partial charge in [0.15, 0.2) is 24.1 Å². The number of halogens is 3. The van der Waals surface area contributed by atoms with E-state index in [2.05, 4.69) is 5.32 Å². The summed E-state index contributed by atoms with van der Waals surface area (Å²) in [5.74, 6) is -6.49. The zero-order valence-electron chi connectivity index (χ0n) is 15.3. The fraction of sp³-hybridized carbons (Fsp3) is 0.211. The Morgan fingerprint density at radius 2 is 1.76 bits per heavy atom. The van der Waals surface area contributed by atoms with Crippen molar-refractivity contribution in [3.63, 3.8) is 0 Å². The SMILES string of the molecule is CCOC(=O)c1cccc(OCC(=O)NCC(=O)Nc2ccc(F)c(F)c2F)c1. The Kier molecular flexibility index (Phi) is 7.58. The van der Waals surface area contributed by atoms with Gasteiger partial charge in [0, 0.05) is 0 Å². The van der Waals surface area contributed by atoms with Crippen molar-refractivity contribution < 1.29 is 37.0 Å². The number of esters is 1.